The highest BCUT2D eigenvalue weighted by molar-refractivity contribution is 6.31. The van der Waals surface area contributed by atoms with Gasteiger partial charge in [0.05, 0.1) is 13.2 Å². The van der Waals surface area contributed by atoms with Gasteiger partial charge in [0.15, 0.2) is 11.5 Å². The highest BCUT2D eigenvalue weighted by Crippen LogP contribution is 2.39. The van der Waals surface area contributed by atoms with Crippen LogP contribution < -0.4 is 15.2 Å². The van der Waals surface area contributed by atoms with Gasteiger partial charge < -0.3 is 15.2 Å². The van der Waals surface area contributed by atoms with E-state index in [9.17, 15) is 0 Å². The van der Waals surface area contributed by atoms with E-state index in [2.05, 4.69) is 6.92 Å². The molecule has 0 aliphatic rings. The number of rotatable bonds is 9. The molecule has 0 fully saturated rings. The molecule has 4 heteroatoms. The van der Waals surface area contributed by atoms with Crippen LogP contribution in [-0.2, 0) is 0 Å². The minimum atomic E-state index is 0.418. The Labute approximate surface area is 127 Å². The fraction of sp³-hybridized carbons (Fsp3) is 0.625. The first kappa shape index (κ1) is 17.1. The van der Waals surface area contributed by atoms with Crippen molar-refractivity contribution in [2.45, 2.75) is 46.0 Å². The normalized spacial score (nSPS) is 12.2. The quantitative estimate of drug-likeness (QED) is 0.736. The lowest BCUT2D eigenvalue weighted by atomic mass is 9.91. The van der Waals surface area contributed by atoms with E-state index >= 15 is 0 Å². The van der Waals surface area contributed by atoms with Crippen molar-refractivity contribution in [3.63, 3.8) is 0 Å². The molecule has 1 aromatic carbocycles. The minimum absolute atomic E-state index is 0.418. The van der Waals surface area contributed by atoms with Crippen LogP contribution in [0.3, 0.4) is 0 Å². The van der Waals surface area contributed by atoms with Crippen LogP contribution in [0.15, 0.2) is 12.1 Å². The molecule has 0 aliphatic heterocycles. The largest absolute Gasteiger partial charge is 0.490 e. The van der Waals surface area contributed by atoms with Crippen LogP contribution in [0.1, 0.15) is 51.5 Å². The molecule has 0 spiro atoms. The van der Waals surface area contributed by atoms with Gasteiger partial charge in [-0.05, 0) is 57.2 Å². The molecule has 1 unspecified atom stereocenters. The van der Waals surface area contributed by atoms with E-state index in [-0.39, 0.29) is 0 Å². The van der Waals surface area contributed by atoms with Gasteiger partial charge in [0, 0.05) is 11.1 Å². The standard InChI is InChI=1S/C16H26ClNO2/c1-4-12(8-7-9-18)13-10-15(19-5-2)16(20-6-3)11-14(13)17/h10-12H,4-9,18H2,1-3H3. The zero-order valence-electron chi connectivity index (χ0n) is 12.7. The van der Waals surface area contributed by atoms with Crippen molar-refractivity contribution < 1.29 is 9.47 Å². The van der Waals surface area contributed by atoms with Crippen LogP contribution >= 0.6 is 11.6 Å². The van der Waals surface area contributed by atoms with E-state index in [4.69, 9.17) is 26.8 Å². The smallest absolute Gasteiger partial charge is 0.162 e. The molecule has 0 bridgehead atoms. The number of nitrogens with two attached hydrogens (primary N) is 1. The van der Waals surface area contributed by atoms with Gasteiger partial charge in [0.2, 0.25) is 0 Å². The first-order chi connectivity index (χ1) is 9.67. The van der Waals surface area contributed by atoms with Crippen LogP contribution in [-0.4, -0.2) is 19.8 Å². The molecular formula is C16H26ClNO2. The monoisotopic (exact) mass is 299 g/mol. The predicted octanol–water partition coefficient (Wildman–Crippen LogP) is 4.37. The van der Waals surface area contributed by atoms with Crippen molar-refractivity contribution in [1.29, 1.82) is 0 Å². The number of benzene rings is 1. The van der Waals surface area contributed by atoms with Gasteiger partial charge in [-0.2, -0.15) is 0 Å². The minimum Gasteiger partial charge on any atom is -0.490 e. The van der Waals surface area contributed by atoms with Crippen molar-refractivity contribution in [3.8, 4) is 11.5 Å². The summed E-state index contributed by atoms with van der Waals surface area (Å²) in [7, 11) is 0. The Morgan fingerprint density at radius 1 is 1.10 bits per heavy atom. The Bertz CT molecular complexity index is 410. The lowest BCUT2D eigenvalue weighted by molar-refractivity contribution is 0.287. The van der Waals surface area contributed by atoms with Gasteiger partial charge >= 0.3 is 0 Å². The maximum atomic E-state index is 6.42. The Morgan fingerprint density at radius 3 is 2.20 bits per heavy atom. The zero-order valence-corrected chi connectivity index (χ0v) is 13.5. The number of ether oxygens (including phenoxy) is 2. The molecule has 114 valence electrons. The molecule has 1 atom stereocenters. The highest BCUT2D eigenvalue weighted by atomic mass is 35.5. The molecule has 0 saturated heterocycles. The van der Waals surface area contributed by atoms with E-state index in [0.29, 0.717) is 25.7 Å². The number of hydrogen-bond donors (Lipinski definition) is 1. The molecule has 0 amide bonds. The van der Waals surface area contributed by atoms with E-state index in [0.717, 1.165) is 41.3 Å². The van der Waals surface area contributed by atoms with E-state index in [1.54, 1.807) is 0 Å². The third kappa shape index (κ3) is 4.57. The number of hydrogen-bond acceptors (Lipinski definition) is 3. The molecular weight excluding hydrogens is 274 g/mol. The molecule has 1 rings (SSSR count). The van der Waals surface area contributed by atoms with Crippen LogP contribution in [0.5, 0.6) is 11.5 Å². The predicted molar refractivity (Wildman–Crippen MR) is 85.1 cm³/mol. The van der Waals surface area contributed by atoms with Crippen LogP contribution in [0.4, 0.5) is 0 Å². The summed E-state index contributed by atoms with van der Waals surface area (Å²) in [6.07, 6.45) is 3.09. The molecule has 1 aromatic rings. The average molecular weight is 300 g/mol. The van der Waals surface area contributed by atoms with Crippen LogP contribution in [0.2, 0.25) is 5.02 Å². The van der Waals surface area contributed by atoms with Gasteiger partial charge in [-0.1, -0.05) is 18.5 Å². The molecule has 3 nitrogen and oxygen atoms in total. The summed E-state index contributed by atoms with van der Waals surface area (Å²) in [6.45, 7) is 8.02. The first-order valence-electron chi connectivity index (χ1n) is 7.46. The Balaban J connectivity index is 3.08. The summed E-state index contributed by atoms with van der Waals surface area (Å²) in [5, 5.41) is 0.751. The fourth-order valence-corrected chi connectivity index (χ4v) is 2.65. The summed E-state index contributed by atoms with van der Waals surface area (Å²) >= 11 is 6.42. The van der Waals surface area contributed by atoms with Crippen molar-refractivity contribution in [1.82, 2.24) is 0 Å². The Kier molecular flexibility index (Phi) is 7.78. The van der Waals surface area contributed by atoms with Gasteiger partial charge in [-0.3, -0.25) is 0 Å². The van der Waals surface area contributed by atoms with Gasteiger partial charge in [0.1, 0.15) is 0 Å². The molecule has 0 heterocycles. The average Bonchev–Trinajstić information content (AvgIpc) is 2.44. The summed E-state index contributed by atoms with van der Waals surface area (Å²) < 4.78 is 11.3. The second kappa shape index (κ2) is 9.09. The second-order valence-corrected chi connectivity index (χ2v) is 5.13. The zero-order chi connectivity index (χ0) is 15.0. The lowest BCUT2D eigenvalue weighted by Crippen LogP contribution is -2.06. The van der Waals surface area contributed by atoms with Crippen molar-refractivity contribution in [3.05, 3.63) is 22.7 Å². The second-order valence-electron chi connectivity index (χ2n) is 4.72. The molecule has 2 N–H and O–H groups in total. The third-order valence-electron chi connectivity index (χ3n) is 3.35. The van der Waals surface area contributed by atoms with Crippen molar-refractivity contribution >= 4 is 11.6 Å². The lowest BCUT2D eigenvalue weighted by Gasteiger charge is -2.20. The van der Waals surface area contributed by atoms with E-state index < -0.39 is 0 Å². The SMILES string of the molecule is CCOc1cc(Cl)c(C(CC)CCCN)cc1OCC. The van der Waals surface area contributed by atoms with E-state index in [1.807, 2.05) is 26.0 Å². The van der Waals surface area contributed by atoms with E-state index in [1.165, 1.54) is 0 Å². The topological polar surface area (TPSA) is 44.5 Å². The van der Waals surface area contributed by atoms with Gasteiger partial charge in [-0.15, -0.1) is 0 Å². The summed E-state index contributed by atoms with van der Waals surface area (Å²) in [4.78, 5) is 0. The maximum Gasteiger partial charge on any atom is 0.162 e. The summed E-state index contributed by atoms with van der Waals surface area (Å²) in [5.41, 5.74) is 6.75. The molecule has 0 saturated carbocycles. The Hall–Kier alpha value is -0.930. The van der Waals surface area contributed by atoms with Crippen LogP contribution in [0, 0.1) is 0 Å². The summed E-state index contributed by atoms with van der Waals surface area (Å²) in [6, 6.07) is 3.90. The first-order valence-corrected chi connectivity index (χ1v) is 7.84. The van der Waals surface area contributed by atoms with Gasteiger partial charge in [0.25, 0.3) is 0 Å². The van der Waals surface area contributed by atoms with Crippen LogP contribution in [0.25, 0.3) is 0 Å². The Morgan fingerprint density at radius 2 is 1.70 bits per heavy atom. The van der Waals surface area contributed by atoms with Crippen molar-refractivity contribution in [2.24, 2.45) is 5.73 Å². The highest BCUT2D eigenvalue weighted by Gasteiger charge is 2.17. The fourth-order valence-electron chi connectivity index (χ4n) is 2.34. The van der Waals surface area contributed by atoms with Crippen molar-refractivity contribution in [2.75, 3.05) is 19.8 Å². The summed E-state index contributed by atoms with van der Waals surface area (Å²) in [5.74, 6) is 1.91. The molecule has 20 heavy (non-hydrogen) atoms. The third-order valence-corrected chi connectivity index (χ3v) is 3.68. The number of halogens is 1. The van der Waals surface area contributed by atoms with Gasteiger partial charge in [-0.25, -0.2) is 0 Å². The maximum absolute atomic E-state index is 6.42. The molecule has 0 aromatic heterocycles. The molecule has 0 radical (unpaired) electrons. The molecule has 0 aliphatic carbocycles.